The molecule has 0 saturated heterocycles. The van der Waals surface area contributed by atoms with Crippen molar-refractivity contribution in [2.24, 2.45) is 0 Å². The Kier molecular flexibility index (Phi) is 1.97. The number of nitriles is 1. The zero-order valence-electron chi connectivity index (χ0n) is 7.66. The zero-order valence-corrected chi connectivity index (χ0v) is 7.66. The van der Waals surface area contributed by atoms with E-state index in [1.807, 2.05) is 30.3 Å². The highest BCUT2D eigenvalue weighted by Crippen LogP contribution is 2.48. The first-order chi connectivity index (χ1) is 6.79. The smallest absolute Gasteiger partial charge is 0.243 e. The predicted molar refractivity (Wildman–Crippen MR) is 51.1 cm³/mol. The van der Waals surface area contributed by atoms with Gasteiger partial charge < -0.3 is 0 Å². The molecule has 1 aliphatic rings. The van der Waals surface area contributed by atoms with Gasteiger partial charge >= 0.3 is 0 Å². The van der Waals surface area contributed by atoms with Crippen molar-refractivity contribution in [3.05, 3.63) is 35.9 Å². The minimum absolute atomic E-state index is 0.175. The molecule has 0 aliphatic heterocycles. The number of rotatable bonds is 2. The van der Waals surface area contributed by atoms with E-state index in [1.165, 1.54) is 0 Å². The van der Waals surface area contributed by atoms with Gasteiger partial charge in [-0.15, -0.1) is 0 Å². The molecule has 1 saturated carbocycles. The van der Waals surface area contributed by atoms with Crippen LogP contribution in [0.3, 0.4) is 0 Å². The van der Waals surface area contributed by atoms with Gasteiger partial charge in [-0.3, -0.25) is 10.1 Å². The first kappa shape index (κ1) is 8.76. The second kappa shape index (κ2) is 3.15. The number of benzene rings is 1. The average Bonchev–Trinajstić information content (AvgIpc) is 3.00. The number of hydrogen-bond donors (Lipinski definition) is 1. The monoisotopic (exact) mass is 186 g/mol. The fraction of sp³-hybridized carbons (Fsp3) is 0.273. The Morgan fingerprint density at radius 3 is 2.50 bits per heavy atom. The molecule has 0 bridgehead atoms. The molecule has 1 N–H and O–H groups in total. The predicted octanol–water partition coefficient (Wildman–Crippen LogP) is 1.32. The SMILES string of the molecule is N#CNC(=O)C1(c2ccccc2)CC1. The van der Waals surface area contributed by atoms with Crippen LogP contribution in [0.15, 0.2) is 30.3 Å². The molecule has 0 aromatic heterocycles. The van der Waals surface area contributed by atoms with Gasteiger partial charge in [-0.25, -0.2) is 0 Å². The molecule has 1 fully saturated rings. The Morgan fingerprint density at radius 1 is 1.36 bits per heavy atom. The van der Waals surface area contributed by atoms with Crippen LogP contribution in [0.2, 0.25) is 0 Å². The van der Waals surface area contributed by atoms with Crippen molar-refractivity contribution in [1.82, 2.24) is 5.32 Å². The molecule has 3 nitrogen and oxygen atoms in total. The van der Waals surface area contributed by atoms with E-state index in [0.717, 1.165) is 18.4 Å². The summed E-state index contributed by atoms with van der Waals surface area (Å²) in [6.07, 6.45) is 3.36. The maximum Gasteiger partial charge on any atom is 0.243 e. The molecular formula is C11H10N2O. The van der Waals surface area contributed by atoms with Gasteiger partial charge in [0.2, 0.25) is 5.91 Å². The van der Waals surface area contributed by atoms with E-state index in [2.05, 4.69) is 5.32 Å². The first-order valence-corrected chi connectivity index (χ1v) is 4.55. The van der Waals surface area contributed by atoms with Gasteiger partial charge in [-0.05, 0) is 18.4 Å². The summed E-state index contributed by atoms with van der Waals surface area (Å²) in [7, 11) is 0. The van der Waals surface area contributed by atoms with E-state index in [0.29, 0.717) is 0 Å². The van der Waals surface area contributed by atoms with Crippen LogP contribution in [0.1, 0.15) is 18.4 Å². The molecule has 0 radical (unpaired) electrons. The topological polar surface area (TPSA) is 52.9 Å². The standard InChI is InChI=1S/C11H10N2O/c12-8-13-10(14)11(6-7-11)9-4-2-1-3-5-9/h1-5H,6-7H2,(H,13,14). The number of carbonyl (C=O) groups is 1. The van der Waals surface area contributed by atoms with E-state index in [4.69, 9.17) is 5.26 Å². The maximum absolute atomic E-state index is 11.6. The summed E-state index contributed by atoms with van der Waals surface area (Å²) < 4.78 is 0. The van der Waals surface area contributed by atoms with Crippen LogP contribution >= 0.6 is 0 Å². The number of hydrogen-bond acceptors (Lipinski definition) is 2. The van der Waals surface area contributed by atoms with Crippen LogP contribution < -0.4 is 5.32 Å². The molecule has 0 spiro atoms. The maximum atomic E-state index is 11.6. The van der Waals surface area contributed by atoms with Gasteiger partial charge in [0.25, 0.3) is 0 Å². The molecule has 0 atom stereocenters. The number of nitrogens with zero attached hydrogens (tertiary/aromatic N) is 1. The lowest BCUT2D eigenvalue weighted by molar-refractivity contribution is -0.122. The van der Waals surface area contributed by atoms with Crippen LogP contribution in [0.4, 0.5) is 0 Å². The van der Waals surface area contributed by atoms with Crippen molar-refractivity contribution in [1.29, 1.82) is 5.26 Å². The number of nitrogens with one attached hydrogen (secondary N) is 1. The molecule has 1 aromatic carbocycles. The Hall–Kier alpha value is -1.82. The summed E-state index contributed by atoms with van der Waals surface area (Å²) in [5, 5.41) is 10.6. The largest absolute Gasteiger partial charge is 0.273 e. The van der Waals surface area contributed by atoms with Crippen molar-refractivity contribution in [2.75, 3.05) is 0 Å². The van der Waals surface area contributed by atoms with Gasteiger partial charge in [0, 0.05) is 0 Å². The Morgan fingerprint density at radius 2 is 2.00 bits per heavy atom. The van der Waals surface area contributed by atoms with Crippen molar-refractivity contribution in [3.63, 3.8) is 0 Å². The third kappa shape index (κ3) is 1.25. The molecular weight excluding hydrogens is 176 g/mol. The minimum Gasteiger partial charge on any atom is -0.273 e. The average molecular weight is 186 g/mol. The highest BCUT2D eigenvalue weighted by atomic mass is 16.2. The molecule has 2 rings (SSSR count). The van der Waals surface area contributed by atoms with Gasteiger partial charge in [-0.2, -0.15) is 5.26 Å². The molecule has 70 valence electrons. The highest BCUT2D eigenvalue weighted by Gasteiger charge is 2.51. The quantitative estimate of drug-likeness (QED) is 0.559. The lowest BCUT2D eigenvalue weighted by Gasteiger charge is -2.11. The van der Waals surface area contributed by atoms with Gasteiger partial charge in [0.15, 0.2) is 6.19 Å². The lowest BCUT2D eigenvalue weighted by atomic mass is 9.95. The summed E-state index contributed by atoms with van der Waals surface area (Å²) >= 11 is 0. The summed E-state index contributed by atoms with van der Waals surface area (Å²) in [6.45, 7) is 0. The minimum atomic E-state index is -0.420. The van der Waals surface area contributed by atoms with Crippen LogP contribution in [0.5, 0.6) is 0 Å². The van der Waals surface area contributed by atoms with Gasteiger partial charge in [0.05, 0.1) is 5.41 Å². The number of amides is 1. The van der Waals surface area contributed by atoms with Gasteiger partial charge in [0.1, 0.15) is 0 Å². The van der Waals surface area contributed by atoms with Crippen LogP contribution in [-0.2, 0) is 10.2 Å². The van der Waals surface area contributed by atoms with E-state index in [-0.39, 0.29) is 5.91 Å². The lowest BCUT2D eigenvalue weighted by Crippen LogP contribution is -2.31. The van der Waals surface area contributed by atoms with Crippen LogP contribution in [-0.4, -0.2) is 5.91 Å². The molecule has 14 heavy (non-hydrogen) atoms. The fourth-order valence-corrected chi connectivity index (χ4v) is 1.70. The van der Waals surface area contributed by atoms with Crippen molar-refractivity contribution < 1.29 is 4.79 Å². The molecule has 1 aromatic rings. The molecule has 1 aliphatic carbocycles. The molecule has 3 heteroatoms. The van der Waals surface area contributed by atoms with E-state index in [9.17, 15) is 4.79 Å². The zero-order chi connectivity index (χ0) is 10.0. The van der Waals surface area contributed by atoms with Crippen molar-refractivity contribution in [3.8, 4) is 6.19 Å². The Labute approximate surface area is 82.4 Å². The van der Waals surface area contributed by atoms with Crippen molar-refractivity contribution >= 4 is 5.91 Å². The second-order valence-electron chi connectivity index (χ2n) is 3.51. The number of carbonyl (C=O) groups excluding carboxylic acids is 1. The Bertz CT molecular complexity index is 387. The van der Waals surface area contributed by atoms with E-state index in [1.54, 1.807) is 6.19 Å². The molecule has 0 heterocycles. The summed E-state index contributed by atoms with van der Waals surface area (Å²) in [5.41, 5.74) is 0.588. The van der Waals surface area contributed by atoms with Crippen LogP contribution in [0, 0.1) is 11.5 Å². The molecule has 0 unspecified atom stereocenters. The fourth-order valence-electron chi connectivity index (χ4n) is 1.70. The molecule has 1 amide bonds. The second-order valence-corrected chi connectivity index (χ2v) is 3.51. The first-order valence-electron chi connectivity index (χ1n) is 4.55. The van der Waals surface area contributed by atoms with E-state index < -0.39 is 5.41 Å². The summed E-state index contributed by atoms with van der Waals surface area (Å²) in [4.78, 5) is 11.6. The Balaban J connectivity index is 2.27. The van der Waals surface area contributed by atoms with Crippen LogP contribution in [0.25, 0.3) is 0 Å². The third-order valence-electron chi connectivity index (χ3n) is 2.68. The third-order valence-corrected chi connectivity index (χ3v) is 2.68. The normalized spacial score (nSPS) is 16.8. The van der Waals surface area contributed by atoms with Crippen molar-refractivity contribution in [2.45, 2.75) is 18.3 Å². The summed E-state index contributed by atoms with van der Waals surface area (Å²) in [6, 6.07) is 9.61. The summed E-state index contributed by atoms with van der Waals surface area (Å²) in [5.74, 6) is -0.175. The highest BCUT2D eigenvalue weighted by molar-refractivity contribution is 5.92. The van der Waals surface area contributed by atoms with Gasteiger partial charge in [-0.1, -0.05) is 30.3 Å². The van der Waals surface area contributed by atoms with E-state index >= 15 is 0 Å².